The zero-order valence-corrected chi connectivity index (χ0v) is 19.0. The molecule has 7 heteroatoms. The molecule has 0 radical (unpaired) electrons. The second-order valence-corrected chi connectivity index (χ2v) is 7.96. The van der Waals surface area contributed by atoms with E-state index in [0.29, 0.717) is 39.8 Å². The van der Waals surface area contributed by atoms with Gasteiger partial charge in [0.1, 0.15) is 0 Å². The number of benzene rings is 2. The first kappa shape index (κ1) is 22.3. The number of carbonyl (C=O) groups excluding carboxylic acids is 2. The van der Waals surface area contributed by atoms with Crippen LogP contribution in [0.3, 0.4) is 0 Å². The molecule has 33 heavy (non-hydrogen) atoms. The number of ketones is 1. The Bertz CT molecular complexity index is 1370. The molecular formula is C26H22ClN3O3. The van der Waals surface area contributed by atoms with E-state index < -0.39 is 11.7 Å². The highest BCUT2D eigenvalue weighted by molar-refractivity contribution is 6.48. The Morgan fingerprint density at radius 1 is 1.15 bits per heavy atom. The van der Waals surface area contributed by atoms with Crippen molar-refractivity contribution < 1.29 is 14.3 Å². The molecule has 0 atom stereocenters. The van der Waals surface area contributed by atoms with Crippen molar-refractivity contribution in [2.24, 2.45) is 0 Å². The molecule has 2 aromatic carbocycles. The number of hydrogen-bond donors (Lipinski definition) is 1. The van der Waals surface area contributed by atoms with E-state index in [-0.39, 0.29) is 0 Å². The van der Waals surface area contributed by atoms with Gasteiger partial charge in [0, 0.05) is 46.1 Å². The molecule has 166 valence electrons. The van der Waals surface area contributed by atoms with Crippen LogP contribution in [-0.4, -0.2) is 28.4 Å². The average molecular weight is 460 g/mol. The maximum atomic E-state index is 13.3. The van der Waals surface area contributed by atoms with E-state index >= 15 is 0 Å². The lowest BCUT2D eigenvalue weighted by Crippen LogP contribution is -2.23. The molecule has 0 unspecified atom stereocenters. The Kier molecular flexibility index (Phi) is 6.29. The van der Waals surface area contributed by atoms with Crippen molar-refractivity contribution in [3.8, 4) is 5.88 Å². The standard InChI is InChI=1S/C26H22ClN3O3/c1-4-17-7-10-22-21(13-17)24(16(2)30(22)15-18-5-8-19(27)9-6-18)25(31)26(32)29-20-11-12-28-23(14-20)33-3/h4-14H,1,15H2,2-3H3,(H,28,29,32). The van der Waals surface area contributed by atoms with Gasteiger partial charge in [-0.3, -0.25) is 9.59 Å². The summed E-state index contributed by atoms with van der Waals surface area (Å²) in [7, 11) is 1.48. The number of Topliss-reactive ketones (excluding diaryl/α,β-unsaturated/α-hetero) is 1. The van der Waals surface area contributed by atoms with Gasteiger partial charge >= 0.3 is 0 Å². The maximum absolute atomic E-state index is 13.3. The summed E-state index contributed by atoms with van der Waals surface area (Å²) in [6.45, 7) is 6.20. The predicted molar refractivity (Wildman–Crippen MR) is 131 cm³/mol. The number of ether oxygens (including phenoxy) is 1. The van der Waals surface area contributed by atoms with Gasteiger partial charge in [-0.25, -0.2) is 4.98 Å². The Hall–Kier alpha value is -3.90. The number of anilines is 1. The zero-order chi connectivity index (χ0) is 23.5. The number of nitrogens with zero attached hydrogens (tertiary/aromatic N) is 2. The smallest absolute Gasteiger partial charge is 0.296 e. The fraction of sp³-hybridized carbons (Fsp3) is 0.115. The monoisotopic (exact) mass is 459 g/mol. The van der Waals surface area contributed by atoms with Crippen LogP contribution in [0.4, 0.5) is 5.69 Å². The largest absolute Gasteiger partial charge is 0.481 e. The van der Waals surface area contributed by atoms with Crippen LogP contribution in [0.1, 0.15) is 27.2 Å². The van der Waals surface area contributed by atoms with Crippen LogP contribution >= 0.6 is 11.6 Å². The van der Waals surface area contributed by atoms with Gasteiger partial charge in [-0.2, -0.15) is 0 Å². The minimum atomic E-state index is -0.735. The van der Waals surface area contributed by atoms with Crippen LogP contribution < -0.4 is 10.1 Å². The maximum Gasteiger partial charge on any atom is 0.296 e. The normalized spacial score (nSPS) is 10.8. The van der Waals surface area contributed by atoms with E-state index in [1.165, 1.54) is 13.3 Å². The number of hydrogen-bond acceptors (Lipinski definition) is 4. The summed E-state index contributed by atoms with van der Waals surface area (Å²) in [6.07, 6.45) is 3.21. The molecule has 2 aromatic heterocycles. The first-order chi connectivity index (χ1) is 15.9. The third-order valence-corrected chi connectivity index (χ3v) is 5.72. The quantitative estimate of drug-likeness (QED) is 0.292. The minimum Gasteiger partial charge on any atom is -0.481 e. The number of aromatic nitrogens is 2. The van der Waals surface area contributed by atoms with Crippen molar-refractivity contribution >= 4 is 46.0 Å². The highest BCUT2D eigenvalue weighted by Crippen LogP contribution is 2.29. The lowest BCUT2D eigenvalue weighted by molar-refractivity contribution is -0.112. The van der Waals surface area contributed by atoms with E-state index in [1.807, 2.05) is 54.0 Å². The Balaban J connectivity index is 1.75. The highest BCUT2D eigenvalue weighted by atomic mass is 35.5. The third kappa shape index (κ3) is 4.52. The summed E-state index contributed by atoms with van der Waals surface area (Å²) in [4.78, 5) is 30.2. The van der Waals surface area contributed by atoms with E-state index in [9.17, 15) is 9.59 Å². The SMILES string of the molecule is C=Cc1ccc2c(c1)c(C(=O)C(=O)Nc1ccnc(OC)c1)c(C)n2Cc1ccc(Cl)cc1. The molecular weight excluding hydrogens is 438 g/mol. The molecule has 0 aliphatic rings. The van der Waals surface area contributed by atoms with Gasteiger partial charge in [0.15, 0.2) is 0 Å². The first-order valence-electron chi connectivity index (χ1n) is 10.3. The van der Waals surface area contributed by atoms with Gasteiger partial charge in [-0.05, 0) is 48.4 Å². The van der Waals surface area contributed by atoms with Crippen LogP contribution in [-0.2, 0) is 11.3 Å². The van der Waals surface area contributed by atoms with E-state index in [1.54, 1.807) is 18.2 Å². The molecule has 0 fully saturated rings. The van der Waals surface area contributed by atoms with Gasteiger partial charge < -0.3 is 14.6 Å². The summed E-state index contributed by atoms with van der Waals surface area (Å²) in [5.74, 6) is -1.02. The number of methoxy groups -OCH3 is 1. The van der Waals surface area contributed by atoms with Crippen LogP contribution in [0.15, 0.2) is 67.4 Å². The third-order valence-electron chi connectivity index (χ3n) is 5.47. The Labute approximate surface area is 196 Å². The van der Waals surface area contributed by atoms with Crippen molar-refractivity contribution in [3.63, 3.8) is 0 Å². The molecule has 0 aliphatic heterocycles. The minimum absolute atomic E-state index is 0.339. The van der Waals surface area contributed by atoms with Gasteiger partial charge in [0.2, 0.25) is 5.88 Å². The zero-order valence-electron chi connectivity index (χ0n) is 18.3. The molecule has 1 N–H and O–H groups in total. The van der Waals surface area contributed by atoms with Crippen LogP contribution in [0.25, 0.3) is 17.0 Å². The van der Waals surface area contributed by atoms with Crippen LogP contribution in [0.5, 0.6) is 5.88 Å². The summed E-state index contributed by atoms with van der Waals surface area (Å²) in [5, 5.41) is 4.00. The van der Waals surface area contributed by atoms with E-state index in [0.717, 1.165) is 16.6 Å². The number of pyridine rings is 1. The molecule has 4 rings (SSSR count). The van der Waals surface area contributed by atoms with Gasteiger partial charge in [0.05, 0.1) is 12.7 Å². The molecule has 1 amide bonds. The number of nitrogens with one attached hydrogen (secondary N) is 1. The average Bonchev–Trinajstić information content (AvgIpc) is 3.10. The van der Waals surface area contributed by atoms with Crippen molar-refractivity contribution in [3.05, 3.63) is 94.8 Å². The Morgan fingerprint density at radius 2 is 1.91 bits per heavy atom. The molecule has 0 aliphatic carbocycles. The number of amides is 1. The highest BCUT2D eigenvalue weighted by Gasteiger charge is 2.25. The molecule has 0 saturated carbocycles. The second kappa shape index (κ2) is 9.30. The summed E-state index contributed by atoms with van der Waals surface area (Å²) >= 11 is 6.02. The van der Waals surface area contributed by atoms with Crippen molar-refractivity contribution in [2.75, 3.05) is 12.4 Å². The molecule has 6 nitrogen and oxygen atoms in total. The lowest BCUT2D eigenvalue weighted by atomic mass is 10.0. The Morgan fingerprint density at radius 3 is 2.61 bits per heavy atom. The van der Waals surface area contributed by atoms with Crippen LogP contribution in [0.2, 0.25) is 5.02 Å². The van der Waals surface area contributed by atoms with E-state index in [2.05, 4.69) is 16.9 Å². The first-order valence-corrected chi connectivity index (χ1v) is 10.6. The lowest BCUT2D eigenvalue weighted by Gasteiger charge is -2.09. The van der Waals surface area contributed by atoms with Gasteiger partial charge in [0.25, 0.3) is 11.7 Å². The fourth-order valence-corrected chi connectivity index (χ4v) is 3.92. The van der Waals surface area contributed by atoms with E-state index in [4.69, 9.17) is 16.3 Å². The molecule has 0 spiro atoms. The van der Waals surface area contributed by atoms with Crippen molar-refractivity contribution in [1.29, 1.82) is 0 Å². The van der Waals surface area contributed by atoms with Gasteiger partial charge in [-0.15, -0.1) is 0 Å². The topological polar surface area (TPSA) is 73.2 Å². The number of halogens is 1. The van der Waals surface area contributed by atoms with Crippen LogP contribution in [0, 0.1) is 6.92 Å². The molecule has 0 bridgehead atoms. The fourth-order valence-electron chi connectivity index (χ4n) is 3.79. The number of fused-ring (bicyclic) bond motifs is 1. The summed E-state index contributed by atoms with van der Waals surface area (Å²) in [6, 6.07) is 16.4. The van der Waals surface area contributed by atoms with Crippen molar-refractivity contribution in [1.82, 2.24) is 9.55 Å². The van der Waals surface area contributed by atoms with Gasteiger partial charge in [-0.1, -0.05) is 42.5 Å². The molecule has 4 aromatic rings. The van der Waals surface area contributed by atoms with Crippen molar-refractivity contribution in [2.45, 2.75) is 13.5 Å². The number of rotatable bonds is 7. The summed E-state index contributed by atoms with van der Waals surface area (Å²) < 4.78 is 7.11. The molecule has 0 saturated heterocycles. The predicted octanol–water partition coefficient (Wildman–Crippen LogP) is 5.52. The number of carbonyl (C=O) groups is 2. The second-order valence-electron chi connectivity index (χ2n) is 7.52. The molecule has 2 heterocycles. The summed E-state index contributed by atoms with van der Waals surface area (Å²) in [5.41, 5.74) is 4.23.